The molecule has 3 atom stereocenters. The maximum absolute atomic E-state index is 5.83. The van der Waals surface area contributed by atoms with Gasteiger partial charge in [0.25, 0.3) is 0 Å². The first-order valence-corrected chi connectivity index (χ1v) is 8.14. The highest BCUT2D eigenvalue weighted by atomic mass is 16.5. The summed E-state index contributed by atoms with van der Waals surface area (Å²) in [7, 11) is 0. The first-order chi connectivity index (χ1) is 10.2. The summed E-state index contributed by atoms with van der Waals surface area (Å²) in [4.78, 5) is 11.0. The first-order valence-electron chi connectivity index (χ1n) is 8.14. The van der Waals surface area contributed by atoms with E-state index in [0.717, 1.165) is 31.9 Å². The van der Waals surface area contributed by atoms with Crippen LogP contribution in [0.3, 0.4) is 0 Å². The largest absolute Gasteiger partial charge is 0.375 e. The van der Waals surface area contributed by atoms with Gasteiger partial charge in [0.1, 0.15) is 0 Å². The molecule has 2 saturated heterocycles. The van der Waals surface area contributed by atoms with Gasteiger partial charge in [-0.2, -0.15) is 0 Å². The molecule has 3 unspecified atom stereocenters. The minimum Gasteiger partial charge on any atom is -0.375 e. The number of anilines is 1. The minimum atomic E-state index is 0.364. The van der Waals surface area contributed by atoms with Gasteiger partial charge < -0.3 is 15.0 Å². The molecule has 0 amide bonds. The van der Waals surface area contributed by atoms with E-state index < -0.39 is 0 Å². The molecular weight excluding hydrogens is 264 g/mol. The van der Waals surface area contributed by atoms with Crippen molar-refractivity contribution in [3.8, 4) is 0 Å². The summed E-state index contributed by atoms with van der Waals surface area (Å²) in [5, 5.41) is 3.84. The SMILES string of the molecule is CC1CC(NC2CCCN(c3ncccn3)C2)CC(C)O1. The van der Waals surface area contributed by atoms with Crippen molar-refractivity contribution in [3.05, 3.63) is 18.5 Å². The fourth-order valence-corrected chi connectivity index (χ4v) is 3.62. The average Bonchev–Trinajstić information content (AvgIpc) is 2.47. The van der Waals surface area contributed by atoms with Crippen molar-refractivity contribution >= 4 is 5.95 Å². The molecule has 1 N–H and O–H groups in total. The molecular formula is C16H26N4O. The van der Waals surface area contributed by atoms with E-state index in [9.17, 15) is 0 Å². The molecule has 2 fully saturated rings. The second-order valence-electron chi connectivity index (χ2n) is 6.43. The van der Waals surface area contributed by atoms with Crippen molar-refractivity contribution in [2.75, 3.05) is 18.0 Å². The topological polar surface area (TPSA) is 50.3 Å². The lowest BCUT2D eigenvalue weighted by Crippen LogP contribution is -2.52. The smallest absolute Gasteiger partial charge is 0.225 e. The number of rotatable bonds is 3. The summed E-state index contributed by atoms with van der Waals surface area (Å²) in [6.45, 7) is 6.41. The molecule has 5 heteroatoms. The Bertz CT molecular complexity index is 431. The maximum atomic E-state index is 5.83. The number of nitrogens with zero attached hydrogens (tertiary/aromatic N) is 3. The van der Waals surface area contributed by atoms with E-state index in [1.54, 1.807) is 0 Å². The van der Waals surface area contributed by atoms with E-state index in [4.69, 9.17) is 4.74 Å². The molecule has 2 aliphatic rings. The Morgan fingerprint density at radius 2 is 1.86 bits per heavy atom. The molecule has 21 heavy (non-hydrogen) atoms. The number of aromatic nitrogens is 2. The quantitative estimate of drug-likeness (QED) is 0.922. The molecule has 0 bridgehead atoms. The molecule has 5 nitrogen and oxygen atoms in total. The molecule has 0 radical (unpaired) electrons. The van der Waals surface area contributed by atoms with Crippen LogP contribution in [0.15, 0.2) is 18.5 Å². The van der Waals surface area contributed by atoms with Gasteiger partial charge in [0.15, 0.2) is 0 Å². The van der Waals surface area contributed by atoms with E-state index in [1.807, 2.05) is 18.5 Å². The Morgan fingerprint density at radius 3 is 2.57 bits per heavy atom. The second-order valence-corrected chi connectivity index (χ2v) is 6.43. The molecule has 0 aromatic carbocycles. The molecule has 0 aliphatic carbocycles. The zero-order valence-electron chi connectivity index (χ0n) is 13.0. The lowest BCUT2D eigenvalue weighted by molar-refractivity contribution is -0.0437. The lowest BCUT2D eigenvalue weighted by Gasteiger charge is -2.38. The van der Waals surface area contributed by atoms with Crippen LogP contribution in [0.5, 0.6) is 0 Å². The summed E-state index contributed by atoms with van der Waals surface area (Å²) in [6, 6.07) is 2.98. The van der Waals surface area contributed by atoms with Crippen LogP contribution in [0.25, 0.3) is 0 Å². The number of piperidine rings is 1. The van der Waals surface area contributed by atoms with Gasteiger partial charge in [-0.15, -0.1) is 0 Å². The fraction of sp³-hybridized carbons (Fsp3) is 0.750. The zero-order chi connectivity index (χ0) is 14.7. The lowest BCUT2D eigenvalue weighted by atomic mass is 9.97. The van der Waals surface area contributed by atoms with Crippen molar-refractivity contribution in [1.29, 1.82) is 0 Å². The van der Waals surface area contributed by atoms with Crippen molar-refractivity contribution in [2.24, 2.45) is 0 Å². The number of nitrogens with one attached hydrogen (secondary N) is 1. The number of ether oxygens (including phenoxy) is 1. The van der Waals surface area contributed by atoms with Crippen molar-refractivity contribution in [1.82, 2.24) is 15.3 Å². The van der Waals surface area contributed by atoms with E-state index in [1.165, 1.54) is 12.8 Å². The molecule has 0 spiro atoms. The van der Waals surface area contributed by atoms with Crippen LogP contribution in [0, 0.1) is 0 Å². The summed E-state index contributed by atoms with van der Waals surface area (Å²) in [5.74, 6) is 0.859. The van der Waals surface area contributed by atoms with Gasteiger partial charge in [0.05, 0.1) is 12.2 Å². The van der Waals surface area contributed by atoms with Gasteiger partial charge in [0, 0.05) is 37.6 Å². The molecule has 3 rings (SSSR count). The predicted octanol–water partition coefficient (Wildman–Crippen LogP) is 1.99. The summed E-state index contributed by atoms with van der Waals surface area (Å²) >= 11 is 0. The summed E-state index contributed by atoms with van der Waals surface area (Å²) in [6.07, 6.45) is 9.04. The van der Waals surface area contributed by atoms with Gasteiger partial charge >= 0.3 is 0 Å². The van der Waals surface area contributed by atoms with Crippen LogP contribution in [0.1, 0.15) is 39.5 Å². The van der Waals surface area contributed by atoms with E-state index in [0.29, 0.717) is 24.3 Å². The van der Waals surface area contributed by atoms with Crippen LogP contribution in [-0.4, -0.2) is 47.3 Å². The van der Waals surface area contributed by atoms with Gasteiger partial charge in [-0.25, -0.2) is 9.97 Å². The summed E-state index contributed by atoms with van der Waals surface area (Å²) < 4.78 is 5.83. The van der Waals surface area contributed by atoms with Crippen LogP contribution in [0.4, 0.5) is 5.95 Å². The molecule has 0 saturated carbocycles. The maximum Gasteiger partial charge on any atom is 0.225 e. The van der Waals surface area contributed by atoms with Gasteiger partial charge in [-0.05, 0) is 45.6 Å². The van der Waals surface area contributed by atoms with Crippen LogP contribution >= 0.6 is 0 Å². The highest BCUT2D eigenvalue weighted by Gasteiger charge is 2.28. The Hall–Kier alpha value is -1.20. The second kappa shape index (κ2) is 6.71. The molecule has 1 aromatic heterocycles. The number of hydrogen-bond donors (Lipinski definition) is 1. The minimum absolute atomic E-state index is 0.364. The van der Waals surface area contributed by atoms with Crippen molar-refractivity contribution in [2.45, 2.75) is 63.8 Å². The third-order valence-electron chi connectivity index (χ3n) is 4.43. The average molecular weight is 290 g/mol. The molecule has 116 valence electrons. The number of hydrogen-bond acceptors (Lipinski definition) is 5. The van der Waals surface area contributed by atoms with E-state index >= 15 is 0 Å². The fourth-order valence-electron chi connectivity index (χ4n) is 3.62. The summed E-state index contributed by atoms with van der Waals surface area (Å²) in [5.41, 5.74) is 0. The van der Waals surface area contributed by atoms with Crippen molar-refractivity contribution < 1.29 is 4.74 Å². The van der Waals surface area contributed by atoms with Crippen molar-refractivity contribution in [3.63, 3.8) is 0 Å². The Kier molecular flexibility index (Phi) is 4.70. The van der Waals surface area contributed by atoms with Gasteiger partial charge in [-0.3, -0.25) is 0 Å². The third kappa shape index (κ3) is 3.92. The Morgan fingerprint density at radius 1 is 1.14 bits per heavy atom. The Balaban J connectivity index is 1.56. The van der Waals surface area contributed by atoms with Gasteiger partial charge in [-0.1, -0.05) is 0 Å². The van der Waals surface area contributed by atoms with E-state index in [-0.39, 0.29) is 0 Å². The molecule has 3 heterocycles. The normalized spacial score (nSPS) is 33.9. The zero-order valence-corrected chi connectivity index (χ0v) is 13.0. The molecule has 2 aliphatic heterocycles. The highest BCUT2D eigenvalue weighted by Crippen LogP contribution is 2.22. The van der Waals surface area contributed by atoms with Gasteiger partial charge in [0.2, 0.25) is 5.95 Å². The first kappa shape index (κ1) is 14.7. The van der Waals surface area contributed by atoms with Crippen LogP contribution in [0.2, 0.25) is 0 Å². The predicted molar refractivity (Wildman–Crippen MR) is 83.4 cm³/mol. The Labute approximate surface area is 127 Å². The molecule has 1 aromatic rings. The highest BCUT2D eigenvalue weighted by molar-refractivity contribution is 5.29. The standard InChI is InChI=1S/C16H26N4O/c1-12-9-15(10-13(2)21-12)19-14-5-3-8-20(11-14)16-17-6-4-7-18-16/h4,6-7,12-15,19H,3,5,8-11H2,1-2H3. The van der Waals surface area contributed by atoms with E-state index in [2.05, 4.69) is 34.0 Å². The third-order valence-corrected chi connectivity index (χ3v) is 4.43. The van der Waals surface area contributed by atoms with Crippen LogP contribution < -0.4 is 10.2 Å². The monoisotopic (exact) mass is 290 g/mol. The van der Waals surface area contributed by atoms with Crippen LogP contribution in [-0.2, 0) is 4.74 Å².